The van der Waals surface area contributed by atoms with Gasteiger partial charge in [-0.25, -0.2) is 4.79 Å². The van der Waals surface area contributed by atoms with Gasteiger partial charge in [0, 0.05) is 14.5 Å². The molecule has 0 unspecified atom stereocenters. The first-order valence-corrected chi connectivity index (χ1v) is 17.0. The summed E-state index contributed by atoms with van der Waals surface area (Å²) in [5, 5.41) is 10.4. The molecule has 0 heterocycles. The molecule has 4 aromatic rings. The van der Waals surface area contributed by atoms with Crippen LogP contribution in [-0.2, 0) is 18.3 Å². The Labute approximate surface area is 267 Å². The van der Waals surface area contributed by atoms with Gasteiger partial charge in [0.1, 0.15) is 0 Å². The summed E-state index contributed by atoms with van der Waals surface area (Å²) in [5.74, 6) is -0.911. The Morgan fingerprint density at radius 1 is 0.667 bits per heavy atom. The highest BCUT2D eigenvalue weighted by Gasteiger charge is 2.48. The largest absolute Gasteiger partial charge is 0.478 e. The molecule has 0 atom stereocenters. The average Bonchev–Trinajstić information content (AvgIpc) is 3.27. The van der Waals surface area contributed by atoms with Crippen molar-refractivity contribution in [2.45, 2.75) is 83.5 Å². The van der Waals surface area contributed by atoms with Crippen molar-refractivity contribution in [3.8, 4) is 11.1 Å². The fourth-order valence-corrected chi connectivity index (χ4v) is 7.59. The highest BCUT2D eigenvalue weighted by Crippen LogP contribution is 2.58. The van der Waals surface area contributed by atoms with E-state index in [1.165, 1.54) is 73.6 Å². The van der Waals surface area contributed by atoms with Crippen LogP contribution in [0, 0.1) is 0 Å². The third-order valence-corrected chi connectivity index (χ3v) is 9.70. The maximum atomic E-state index is 12.7. The lowest BCUT2D eigenvalue weighted by Gasteiger charge is -2.35. The Morgan fingerprint density at radius 2 is 1.24 bits per heavy atom. The molecule has 42 heavy (non-hydrogen) atoms. The molecule has 0 saturated heterocycles. The Hall–Kier alpha value is -2.69. The SMILES string of the molecule is CCCCCCc1cccc(C2(c3cccc(CCCCCC)c3)c3cc(Br)ccc3-c3c(C(=O)O)cc(Br)cc32)c1. The number of carboxylic acid groups (broad SMARTS) is 1. The van der Waals surface area contributed by atoms with Gasteiger partial charge in [0.05, 0.1) is 11.0 Å². The number of hydrogen-bond acceptors (Lipinski definition) is 1. The molecule has 0 aliphatic heterocycles. The van der Waals surface area contributed by atoms with Gasteiger partial charge < -0.3 is 5.11 Å². The van der Waals surface area contributed by atoms with E-state index in [1.807, 2.05) is 6.07 Å². The molecule has 0 aromatic heterocycles. The van der Waals surface area contributed by atoms with E-state index in [1.54, 1.807) is 6.07 Å². The zero-order valence-corrected chi connectivity index (χ0v) is 27.9. The first kappa shape index (κ1) is 30.8. The van der Waals surface area contributed by atoms with Crippen LogP contribution in [0.1, 0.15) is 109 Å². The molecule has 0 bridgehead atoms. The van der Waals surface area contributed by atoms with Crippen LogP contribution < -0.4 is 0 Å². The number of rotatable bonds is 13. The summed E-state index contributed by atoms with van der Waals surface area (Å²) >= 11 is 7.46. The van der Waals surface area contributed by atoms with Gasteiger partial charge in [-0.2, -0.15) is 0 Å². The van der Waals surface area contributed by atoms with E-state index in [2.05, 4.69) is 112 Å². The molecule has 2 nitrogen and oxygen atoms in total. The monoisotopic (exact) mass is 686 g/mol. The molecular formula is C38H40Br2O2. The first-order valence-electron chi connectivity index (χ1n) is 15.5. The highest BCUT2D eigenvalue weighted by molar-refractivity contribution is 9.10. The number of unbranched alkanes of at least 4 members (excludes halogenated alkanes) is 6. The molecule has 4 heteroatoms. The molecule has 0 radical (unpaired) electrons. The van der Waals surface area contributed by atoms with Crippen molar-refractivity contribution in [3.63, 3.8) is 0 Å². The standard InChI is InChI=1S/C38H40Br2O2/c1-3-5-7-9-13-26-15-11-17-28(21-26)38(29-18-12-16-27(22-29)14-10-8-6-4-2)34-24-30(39)19-20-32(34)36-33(37(41)42)23-31(40)25-35(36)38/h11-12,15-25H,3-10,13-14H2,1-2H3,(H,41,42). The smallest absolute Gasteiger partial charge is 0.336 e. The van der Waals surface area contributed by atoms with Crippen molar-refractivity contribution in [2.75, 3.05) is 0 Å². The van der Waals surface area contributed by atoms with Gasteiger partial charge >= 0.3 is 5.97 Å². The van der Waals surface area contributed by atoms with E-state index < -0.39 is 11.4 Å². The molecule has 4 aromatic carbocycles. The van der Waals surface area contributed by atoms with Crippen molar-refractivity contribution in [3.05, 3.63) is 127 Å². The van der Waals surface area contributed by atoms with Gasteiger partial charge in [-0.05, 0) is 88.9 Å². The lowest BCUT2D eigenvalue weighted by molar-refractivity contribution is 0.0697. The average molecular weight is 689 g/mol. The topological polar surface area (TPSA) is 37.3 Å². The minimum absolute atomic E-state index is 0.330. The lowest BCUT2D eigenvalue weighted by atomic mass is 9.67. The van der Waals surface area contributed by atoms with Gasteiger partial charge in [0.15, 0.2) is 0 Å². The second-order valence-corrected chi connectivity index (χ2v) is 13.5. The number of aromatic carboxylic acids is 1. The predicted octanol–water partition coefficient (Wildman–Crippen LogP) is 11.5. The zero-order chi connectivity index (χ0) is 29.7. The summed E-state index contributed by atoms with van der Waals surface area (Å²) in [7, 11) is 0. The number of carboxylic acids is 1. The molecule has 0 fully saturated rings. The summed E-state index contributed by atoms with van der Waals surface area (Å²) in [6.07, 6.45) is 11.9. The van der Waals surface area contributed by atoms with Crippen LogP contribution in [-0.4, -0.2) is 11.1 Å². The molecule has 0 spiro atoms. The number of aryl methyl sites for hydroxylation is 2. The predicted molar refractivity (Wildman–Crippen MR) is 182 cm³/mol. The number of fused-ring (bicyclic) bond motifs is 3. The maximum Gasteiger partial charge on any atom is 0.336 e. The lowest BCUT2D eigenvalue weighted by Crippen LogP contribution is -2.29. The summed E-state index contributed by atoms with van der Waals surface area (Å²) in [6, 6.07) is 28.3. The van der Waals surface area contributed by atoms with Crippen molar-refractivity contribution < 1.29 is 9.90 Å². The molecule has 1 aliphatic rings. The van der Waals surface area contributed by atoms with Gasteiger partial charge in [-0.1, -0.05) is 139 Å². The normalized spacial score (nSPS) is 13.1. The number of halogens is 2. The van der Waals surface area contributed by atoms with Crippen LogP contribution in [0.2, 0.25) is 0 Å². The van der Waals surface area contributed by atoms with Crippen molar-refractivity contribution in [2.24, 2.45) is 0 Å². The van der Waals surface area contributed by atoms with E-state index in [9.17, 15) is 9.90 Å². The van der Waals surface area contributed by atoms with Gasteiger partial charge in [0.25, 0.3) is 0 Å². The Balaban J connectivity index is 1.78. The molecule has 1 N–H and O–H groups in total. The highest BCUT2D eigenvalue weighted by atomic mass is 79.9. The van der Waals surface area contributed by atoms with Crippen LogP contribution in [0.4, 0.5) is 0 Å². The number of carbonyl (C=O) groups is 1. The molecule has 218 valence electrons. The van der Waals surface area contributed by atoms with Gasteiger partial charge in [0.2, 0.25) is 0 Å². The fraction of sp³-hybridized carbons (Fsp3) is 0.342. The van der Waals surface area contributed by atoms with E-state index >= 15 is 0 Å². The number of hydrogen-bond donors (Lipinski definition) is 1. The Bertz CT molecular complexity index is 1520. The Kier molecular flexibility index (Phi) is 10.1. The van der Waals surface area contributed by atoms with Crippen LogP contribution in [0.5, 0.6) is 0 Å². The van der Waals surface area contributed by atoms with Crippen LogP contribution >= 0.6 is 31.9 Å². The van der Waals surface area contributed by atoms with E-state index in [4.69, 9.17) is 0 Å². The number of benzene rings is 4. The first-order chi connectivity index (χ1) is 20.4. The van der Waals surface area contributed by atoms with E-state index in [0.717, 1.165) is 44.0 Å². The summed E-state index contributed by atoms with van der Waals surface area (Å²) in [5.41, 5.74) is 8.66. The fourth-order valence-electron chi connectivity index (χ4n) is 6.77. The maximum absolute atomic E-state index is 12.7. The molecular weight excluding hydrogens is 648 g/mol. The molecule has 0 amide bonds. The Morgan fingerprint density at radius 3 is 1.79 bits per heavy atom. The molecule has 0 saturated carbocycles. The third-order valence-electron chi connectivity index (χ3n) is 8.75. The second-order valence-electron chi connectivity index (χ2n) is 11.6. The quantitative estimate of drug-likeness (QED) is 0.125. The van der Waals surface area contributed by atoms with Crippen molar-refractivity contribution in [1.82, 2.24) is 0 Å². The van der Waals surface area contributed by atoms with Gasteiger partial charge in [-0.15, -0.1) is 0 Å². The van der Waals surface area contributed by atoms with E-state index in [-0.39, 0.29) is 0 Å². The zero-order valence-electron chi connectivity index (χ0n) is 24.7. The van der Waals surface area contributed by atoms with Crippen LogP contribution in [0.15, 0.2) is 87.8 Å². The summed E-state index contributed by atoms with van der Waals surface area (Å²) in [6.45, 7) is 4.50. The van der Waals surface area contributed by atoms with E-state index in [0.29, 0.717) is 5.56 Å². The van der Waals surface area contributed by atoms with Crippen LogP contribution in [0.3, 0.4) is 0 Å². The van der Waals surface area contributed by atoms with Crippen molar-refractivity contribution in [1.29, 1.82) is 0 Å². The molecule has 1 aliphatic carbocycles. The summed E-state index contributed by atoms with van der Waals surface area (Å²) in [4.78, 5) is 12.7. The minimum Gasteiger partial charge on any atom is -0.478 e. The van der Waals surface area contributed by atoms with Gasteiger partial charge in [-0.3, -0.25) is 0 Å². The summed E-state index contributed by atoms with van der Waals surface area (Å²) < 4.78 is 1.77. The van der Waals surface area contributed by atoms with Crippen molar-refractivity contribution >= 4 is 37.8 Å². The van der Waals surface area contributed by atoms with Crippen LogP contribution in [0.25, 0.3) is 11.1 Å². The third kappa shape index (κ3) is 6.03. The second kappa shape index (κ2) is 13.7. The molecule has 5 rings (SSSR count). The minimum atomic E-state index is -0.911.